The Morgan fingerprint density at radius 2 is 0.865 bits per heavy atom. The fraction of sp³-hybridized carbons (Fsp3) is 0.375. The van der Waals surface area contributed by atoms with Crippen molar-refractivity contribution in [1.82, 2.24) is 19.9 Å². The SMILES string of the molecule is CCC1=C(C)c2cc3[n-]c(cc4nc(cc5[n-]c(cc1n2)c(CC)c5C)C(C)=C4CC)c(CC)c3C.[Cu+2]. The molecule has 5 heterocycles. The molecule has 0 fully saturated rings. The molecule has 195 valence electrons. The van der Waals surface area contributed by atoms with E-state index in [2.05, 4.69) is 79.7 Å². The van der Waals surface area contributed by atoms with Crippen LogP contribution in [0.15, 0.2) is 24.3 Å². The minimum absolute atomic E-state index is 0. The number of rotatable bonds is 4. The summed E-state index contributed by atoms with van der Waals surface area (Å²) in [6, 6.07) is 8.72. The van der Waals surface area contributed by atoms with Gasteiger partial charge in [0, 0.05) is 0 Å². The second-order valence-electron chi connectivity index (χ2n) is 9.93. The zero-order chi connectivity index (χ0) is 25.7. The van der Waals surface area contributed by atoms with Crippen molar-refractivity contribution >= 4 is 44.4 Å². The van der Waals surface area contributed by atoms with Gasteiger partial charge in [-0.05, 0) is 75.7 Å². The van der Waals surface area contributed by atoms with Crippen molar-refractivity contribution in [3.05, 3.63) is 69.3 Å². The topological polar surface area (TPSA) is 54.0 Å². The van der Waals surface area contributed by atoms with Crippen LogP contribution in [0, 0.1) is 13.8 Å². The molecule has 4 nitrogen and oxygen atoms in total. The van der Waals surface area contributed by atoms with Gasteiger partial charge in [-0.3, -0.25) is 0 Å². The molecule has 5 heteroatoms. The van der Waals surface area contributed by atoms with Gasteiger partial charge in [0.1, 0.15) is 0 Å². The number of aryl methyl sites for hydroxylation is 4. The molecule has 2 aliphatic heterocycles. The average Bonchev–Trinajstić information content (AvgIpc) is 3.51. The molecule has 5 rings (SSSR count). The third-order valence-electron chi connectivity index (χ3n) is 8.06. The van der Waals surface area contributed by atoms with Crippen LogP contribution in [0.2, 0.25) is 0 Å². The summed E-state index contributed by atoms with van der Waals surface area (Å²) in [6.45, 7) is 17.6. The third kappa shape index (κ3) is 4.43. The maximum absolute atomic E-state index is 5.11. The van der Waals surface area contributed by atoms with Gasteiger partial charge in [0.15, 0.2) is 0 Å². The molecule has 0 N–H and O–H groups in total. The van der Waals surface area contributed by atoms with Crippen LogP contribution in [0.1, 0.15) is 99.4 Å². The Balaban J connectivity index is 0.00000320. The molecule has 0 saturated carbocycles. The summed E-state index contributed by atoms with van der Waals surface area (Å²) in [4.78, 5) is 20.4. The van der Waals surface area contributed by atoms with E-state index in [1.165, 1.54) is 44.5 Å². The van der Waals surface area contributed by atoms with Crippen LogP contribution in [-0.4, -0.2) is 9.97 Å². The molecular weight excluding hydrogens is 504 g/mol. The summed E-state index contributed by atoms with van der Waals surface area (Å²) in [7, 11) is 0. The van der Waals surface area contributed by atoms with Gasteiger partial charge in [0.25, 0.3) is 0 Å². The van der Waals surface area contributed by atoms with Crippen LogP contribution in [0.25, 0.3) is 44.4 Å². The molecular formula is C32H36CuN4. The number of nitrogens with zero attached hydrogens (tertiary/aromatic N) is 4. The molecule has 3 aromatic rings. The summed E-state index contributed by atoms with van der Waals surface area (Å²) >= 11 is 0. The van der Waals surface area contributed by atoms with Crippen molar-refractivity contribution in [1.29, 1.82) is 0 Å². The fourth-order valence-electron chi connectivity index (χ4n) is 5.85. The summed E-state index contributed by atoms with van der Waals surface area (Å²) in [5.74, 6) is 0. The van der Waals surface area contributed by atoms with Crippen LogP contribution < -0.4 is 9.97 Å². The van der Waals surface area contributed by atoms with E-state index < -0.39 is 0 Å². The largest absolute Gasteiger partial charge is 2.00 e. The fourth-order valence-corrected chi connectivity index (χ4v) is 5.85. The molecule has 2 aliphatic rings. The Labute approximate surface area is 231 Å². The van der Waals surface area contributed by atoms with Crippen molar-refractivity contribution in [2.45, 2.75) is 81.1 Å². The normalized spacial score (nSPS) is 13.4. The zero-order valence-corrected chi connectivity index (χ0v) is 24.2. The molecule has 8 bridgehead atoms. The maximum atomic E-state index is 5.11. The van der Waals surface area contributed by atoms with E-state index in [0.717, 1.165) is 70.5 Å². The molecule has 0 aromatic carbocycles. The van der Waals surface area contributed by atoms with Crippen LogP contribution >= 0.6 is 0 Å². The van der Waals surface area contributed by atoms with Crippen molar-refractivity contribution in [2.75, 3.05) is 0 Å². The van der Waals surface area contributed by atoms with Gasteiger partial charge in [0.05, 0.1) is 22.8 Å². The first kappa shape index (κ1) is 27.2. The number of hydrogen-bond acceptors (Lipinski definition) is 2. The van der Waals surface area contributed by atoms with E-state index in [-0.39, 0.29) is 17.1 Å². The predicted molar refractivity (Wildman–Crippen MR) is 153 cm³/mol. The molecule has 0 atom stereocenters. The molecule has 0 unspecified atom stereocenters. The molecule has 37 heavy (non-hydrogen) atoms. The number of allylic oxidation sites excluding steroid dienone is 4. The molecule has 0 aliphatic carbocycles. The number of hydrogen-bond donors (Lipinski definition) is 0. The standard InChI is InChI=1S/C32H36N4.Cu/c1-9-21-17(5)25-13-26-19(7)23(11-3)31(35-26)16-32-24(12-4)20(8)28(36-32)14-27-18(6)22(10-2)30(34-27)15-29(21)33-25;/h13-16H,9-12H2,1-8H3;/q-2;+2. The summed E-state index contributed by atoms with van der Waals surface area (Å²) in [5, 5.41) is 0. The van der Waals surface area contributed by atoms with Gasteiger partial charge in [0.2, 0.25) is 0 Å². The van der Waals surface area contributed by atoms with Crippen LogP contribution in [0.5, 0.6) is 0 Å². The van der Waals surface area contributed by atoms with E-state index in [1.54, 1.807) is 0 Å². The van der Waals surface area contributed by atoms with Crippen LogP contribution in [-0.2, 0) is 29.9 Å². The maximum Gasteiger partial charge on any atom is 2.00 e. The first-order valence-electron chi connectivity index (χ1n) is 13.3. The summed E-state index contributed by atoms with van der Waals surface area (Å²) < 4.78 is 0. The van der Waals surface area contributed by atoms with Crippen LogP contribution in [0.4, 0.5) is 0 Å². The first-order valence-corrected chi connectivity index (χ1v) is 13.3. The van der Waals surface area contributed by atoms with E-state index in [9.17, 15) is 0 Å². The molecule has 0 spiro atoms. The summed E-state index contributed by atoms with van der Waals surface area (Å²) in [6.07, 6.45) is 3.74. The number of fused-ring (bicyclic) bond motifs is 8. The van der Waals surface area contributed by atoms with Gasteiger partial charge < -0.3 is 9.97 Å². The molecule has 1 radical (unpaired) electrons. The van der Waals surface area contributed by atoms with Gasteiger partial charge >= 0.3 is 17.1 Å². The van der Waals surface area contributed by atoms with Crippen molar-refractivity contribution in [2.24, 2.45) is 0 Å². The third-order valence-corrected chi connectivity index (χ3v) is 8.06. The van der Waals surface area contributed by atoms with Crippen molar-refractivity contribution in [3.8, 4) is 0 Å². The summed E-state index contributed by atoms with van der Waals surface area (Å²) in [5.41, 5.74) is 18.2. The molecule has 0 saturated heterocycles. The van der Waals surface area contributed by atoms with Gasteiger partial charge in [-0.2, -0.15) is 0 Å². The smallest absolute Gasteiger partial charge is 0.657 e. The first-order chi connectivity index (χ1) is 17.3. The Hall–Kier alpha value is -2.88. The van der Waals surface area contributed by atoms with Crippen LogP contribution in [0.3, 0.4) is 0 Å². The minimum atomic E-state index is 0. The quantitative estimate of drug-likeness (QED) is 0.315. The van der Waals surface area contributed by atoms with E-state index in [4.69, 9.17) is 19.9 Å². The van der Waals surface area contributed by atoms with E-state index in [1.807, 2.05) is 0 Å². The Morgan fingerprint density at radius 3 is 1.19 bits per heavy atom. The second kappa shape index (κ2) is 10.5. The van der Waals surface area contributed by atoms with Crippen molar-refractivity contribution < 1.29 is 17.1 Å². The number of aromatic nitrogens is 4. The molecule has 0 amide bonds. The van der Waals surface area contributed by atoms with E-state index in [0.29, 0.717) is 0 Å². The predicted octanol–water partition coefficient (Wildman–Crippen LogP) is 7.99. The Kier molecular flexibility index (Phi) is 7.69. The molecule has 3 aromatic heterocycles. The average molecular weight is 540 g/mol. The monoisotopic (exact) mass is 539 g/mol. The van der Waals surface area contributed by atoms with Gasteiger partial charge in [-0.25, -0.2) is 9.97 Å². The van der Waals surface area contributed by atoms with Gasteiger partial charge in [-0.1, -0.05) is 74.2 Å². The second-order valence-corrected chi connectivity index (χ2v) is 9.93. The Morgan fingerprint density at radius 1 is 0.514 bits per heavy atom. The van der Waals surface area contributed by atoms with E-state index >= 15 is 0 Å². The van der Waals surface area contributed by atoms with Gasteiger partial charge in [-0.15, -0.1) is 22.1 Å². The zero-order valence-electron chi connectivity index (χ0n) is 23.2. The van der Waals surface area contributed by atoms with Crippen molar-refractivity contribution in [3.63, 3.8) is 0 Å². The Bertz CT molecular complexity index is 1490. The minimum Gasteiger partial charge on any atom is -0.657 e.